The zero-order chi connectivity index (χ0) is 16.8. The summed E-state index contributed by atoms with van der Waals surface area (Å²) in [6.07, 6.45) is -1.02. The van der Waals surface area contributed by atoms with Crippen molar-refractivity contribution in [2.75, 3.05) is 19.0 Å². The Morgan fingerprint density at radius 3 is 2.61 bits per heavy atom. The normalized spacial score (nSPS) is 11.6. The molecule has 2 rings (SSSR count). The van der Waals surface area contributed by atoms with Crippen LogP contribution in [0.5, 0.6) is 5.75 Å². The molecule has 0 saturated carbocycles. The number of ether oxygens (including phenoxy) is 1. The van der Waals surface area contributed by atoms with E-state index in [1.54, 1.807) is 43.3 Å². The van der Waals surface area contributed by atoms with E-state index in [4.69, 9.17) is 9.15 Å². The molecule has 3 N–H and O–H groups in total. The zero-order valence-electron chi connectivity index (χ0n) is 12.8. The molecule has 0 spiro atoms. The molecule has 2 aromatic rings. The van der Waals surface area contributed by atoms with E-state index in [0.29, 0.717) is 23.0 Å². The van der Waals surface area contributed by atoms with Crippen LogP contribution in [-0.2, 0) is 9.59 Å². The van der Waals surface area contributed by atoms with Gasteiger partial charge in [-0.15, -0.1) is 0 Å². The first-order valence-corrected chi connectivity index (χ1v) is 6.98. The Kier molecular flexibility index (Phi) is 5.37. The molecule has 0 aliphatic heterocycles. The average molecular weight is 318 g/mol. The van der Waals surface area contributed by atoms with Gasteiger partial charge in [0, 0.05) is 0 Å². The highest BCUT2D eigenvalue weighted by molar-refractivity contribution is 6.39. The third kappa shape index (κ3) is 4.33. The van der Waals surface area contributed by atoms with Crippen molar-refractivity contribution in [1.82, 2.24) is 5.32 Å². The summed E-state index contributed by atoms with van der Waals surface area (Å²) in [6, 6.07) is 10.0. The van der Waals surface area contributed by atoms with Crippen LogP contribution in [0, 0.1) is 6.92 Å². The highest BCUT2D eigenvalue weighted by atomic mass is 16.5. The second-order valence-corrected chi connectivity index (χ2v) is 4.83. The van der Waals surface area contributed by atoms with E-state index < -0.39 is 17.9 Å². The first-order chi connectivity index (χ1) is 11.0. The first kappa shape index (κ1) is 16.6. The van der Waals surface area contributed by atoms with Crippen molar-refractivity contribution in [2.24, 2.45) is 0 Å². The molecule has 1 unspecified atom stereocenters. The third-order valence-corrected chi connectivity index (χ3v) is 3.11. The number of aliphatic hydroxyl groups is 1. The Balaban J connectivity index is 1.89. The molecule has 0 fully saturated rings. The van der Waals surface area contributed by atoms with E-state index in [2.05, 4.69) is 10.6 Å². The summed E-state index contributed by atoms with van der Waals surface area (Å²) in [5, 5.41) is 14.7. The first-order valence-electron chi connectivity index (χ1n) is 6.98. The van der Waals surface area contributed by atoms with Gasteiger partial charge in [-0.05, 0) is 31.2 Å². The van der Waals surface area contributed by atoms with Crippen LogP contribution in [0.15, 0.2) is 40.8 Å². The lowest BCUT2D eigenvalue weighted by Gasteiger charge is -2.11. The molecule has 1 aromatic carbocycles. The highest BCUT2D eigenvalue weighted by Crippen LogP contribution is 2.22. The van der Waals surface area contributed by atoms with Crippen LogP contribution < -0.4 is 15.4 Å². The van der Waals surface area contributed by atoms with Crippen LogP contribution in [0.1, 0.15) is 17.6 Å². The highest BCUT2D eigenvalue weighted by Gasteiger charge is 2.18. The Morgan fingerprint density at radius 1 is 1.22 bits per heavy atom. The summed E-state index contributed by atoms with van der Waals surface area (Å²) in [4.78, 5) is 23.6. The number of carbonyl (C=O) groups is 2. The number of rotatable bonds is 5. The van der Waals surface area contributed by atoms with Crippen molar-refractivity contribution in [2.45, 2.75) is 13.0 Å². The maximum absolute atomic E-state index is 11.8. The maximum atomic E-state index is 11.8. The molecule has 122 valence electrons. The van der Waals surface area contributed by atoms with Gasteiger partial charge < -0.3 is 24.9 Å². The Hall–Kier alpha value is -2.80. The van der Waals surface area contributed by atoms with Gasteiger partial charge in [-0.25, -0.2) is 0 Å². The quantitative estimate of drug-likeness (QED) is 0.723. The van der Waals surface area contributed by atoms with Gasteiger partial charge in [0.2, 0.25) is 0 Å². The number of benzene rings is 1. The van der Waals surface area contributed by atoms with Crippen LogP contribution in [0.4, 0.5) is 5.69 Å². The molecule has 0 bridgehead atoms. The third-order valence-electron chi connectivity index (χ3n) is 3.11. The number of hydrogen-bond acceptors (Lipinski definition) is 5. The SMILES string of the molecule is COc1ccccc1NC(=O)C(=O)NCC(O)c1ccc(C)o1. The molecule has 0 saturated heterocycles. The van der Waals surface area contributed by atoms with E-state index >= 15 is 0 Å². The van der Waals surface area contributed by atoms with Gasteiger partial charge >= 0.3 is 11.8 Å². The smallest absolute Gasteiger partial charge is 0.313 e. The molecule has 7 nitrogen and oxygen atoms in total. The van der Waals surface area contributed by atoms with E-state index in [1.165, 1.54) is 7.11 Å². The molecule has 2 amide bonds. The second kappa shape index (κ2) is 7.46. The zero-order valence-corrected chi connectivity index (χ0v) is 12.8. The van der Waals surface area contributed by atoms with Gasteiger partial charge in [-0.3, -0.25) is 9.59 Å². The number of carbonyl (C=O) groups excluding carboxylic acids is 2. The summed E-state index contributed by atoms with van der Waals surface area (Å²) in [5.74, 6) is -0.289. The largest absolute Gasteiger partial charge is 0.495 e. The van der Waals surface area contributed by atoms with Crippen molar-refractivity contribution in [3.05, 3.63) is 47.9 Å². The van der Waals surface area contributed by atoms with E-state index in [-0.39, 0.29) is 6.54 Å². The number of aliphatic hydroxyl groups excluding tert-OH is 1. The minimum atomic E-state index is -1.02. The van der Waals surface area contributed by atoms with E-state index in [0.717, 1.165) is 0 Å². The fourth-order valence-electron chi connectivity index (χ4n) is 1.93. The summed E-state index contributed by atoms with van der Waals surface area (Å²) in [6.45, 7) is 1.61. The lowest BCUT2D eigenvalue weighted by molar-refractivity contribution is -0.136. The Labute approximate surface area is 133 Å². The molecule has 0 aliphatic carbocycles. The summed E-state index contributed by atoms with van der Waals surface area (Å²) >= 11 is 0. The van der Waals surface area contributed by atoms with E-state index in [1.807, 2.05) is 0 Å². The van der Waals surface area contributed by atoms with E-state index in [9.17, 15) is 14.7 Å². The number of furan rings is 1. The lowest BCUT2D eigenvalue weighted by atomic mass is 10.2. The Morgan fingerprint density at radius 2 is 1.96 bits per heavy atom. The number of hydrogen-bond donors (Lipinski definition) is 3. The van der Waals surface area contributed by atoms with Gasteiger partial charge in [0.05, 0.1) is 19.3 Å². The van der Waals surface area contributed by atoms with Crippen LogP contribution in [0.3, 0.4) is 0 Å². The fourth-order valence-corrected chi connectivity index (χ4v) is 1.93. The predicted octanol–water partition coefficient (Wildman–Crippen LogP) is 1.38. The molecular weight excluding hydrogens is 300 g/mol. The number of nitrogens with one attached hydrogen (secondary N) is 2. The molecule has 0 radical (unpaired) electrons. The van der Waals surface area contributed by atoms with Gasteiger partial charge in [-0.2, -0.15) is 0 Å². The predicted molar refractivity (Wildman–Crippen MR) is 83.0 cm³/mol. The van der Waals surface area contributed by atoms with Crippen molar-refractivity contribution in [3.63, 3.8) is 0 Å². The maximum Gasteiger partial charge on any atom is 0.313 e. The van der Waals surface area contributed by atoms with Crippen molar-refractivity contribution < 1.29 is 23.8 Å². The summed E-state index contributed by atoms with van der Waals surface area (Å²) in [7, 11) is 1.47. The van der Waals surface area contributed by atoms with Crippen molar-refractivity contribution in [1.29, 1.82) is 0 Å². The minimum Gasteiger partial charge on any atom is -0.495 e. The minimum absolute atomic E-state index is 0.134. The average Bonchev–Trinajstić information content (AvgIpc) is 2.99. The van der Waals surface area contributed by atoms with Gasteiger partial charge in [0.15, 0.2) is 0 Å². The second-order valence-electron chi connectivity index (χ2n) is 4.83. The lowest BCUT2D eigenvalue weighted by Crippen LogP contribution is -2.37. The molecule has 1 aromatic heterocycles. The molecule has 1 atom stereocenters. The molecular formula is C16H18N2O5. The molecule has 0 aliphatic rings. The molecule has 1 heterocycles. The number of aryl methyl sites for hydroxylation is 1. The van der Waals surface area contributed by atoms with Crippen molar-refractivity contribution in [3.8, 4) is 5.75 Å². The number of methoxy groups -OCH3 is 1. The monoisotopic (exact) mass is 318 g/mol. The Bertz CT molecular complexity index is 695. The van der Waals surface area contributed by atoms with Crippen LogP contribution in [0.25, 0.3) is 0 Å². The standard InChI is InChI=1S/C16H18N2O5/c1-10-7-8-14(23-10)12(19)9-17-15(20)16(21)18-11-5-3-4-6-13(11)22-2/h3-8,12,19H,9H2,1-2H3,(H,17,20)(H,18,21). The molecule has 23 heavy (non-hydrogen) atoms. The molecule has 7 heteroatoms. The van der Waals surface area contributed by atoms with Crippen LogP contribution in [-0.4, -0.2) is 30.6 Å². The van der Waals surface area contributed by atoms with Crippen LogP contribution in [0.2, 0.25) is 0 Å². The number of anilines is 1. The summed E-state index contributed by atoms with van der Waals surface area (Å²) in [5.41, 5.74) is 0.386. The number of amides is 2. The topological polar surface area (TPSA) is 101 Å². The van der Waals surface area contributed by atoms with Gasteiger partial charge in [0.25, 0.3) is 0 Å². The fraction of sp³-hybridized carbons (Fsp3) is 0.250. The summed E-state index contributed by atoms with van der Waals surface area (Å²) < 4.78 is 10.3. The van der Waals surface area contributed by atoms with Crippen LogP contribution >= 0.6 is 0 Å². The van der Waals surface area contributed by atoms with Crippen molar-refractivity contribution >= 4 is 17.5 Å². The number of para-hydroxylation sites is 2. The van der Waals surface area contributed by atoms with Gasteiger partial charge in [0.1, 0.15) is 23.4 Å². The van der Waals surface area contributed by atoms with Gasteiger partial charge in [-0.1, -0.05) is 12.1 Å².